The summed E-state index contributed by atoms with van der Waals surface area (Å²) in [4.78, 5) is 10.9. The van der Waals surface area contributed by atoms with E-state index in [0.717, 1.165) is 11.1 Å². The molecule has 72 valence electrons. The number of hydrogen-bond acceptors (Lipinski definition) is 3. The lowest BCUT2D eigenvalue weighted by Gasteiger charge is -2.00. The Morgan fingerprint density at radius 2 is 2.29 bits per heavy atom. The van der Waals surface area contributed by atoms with Gasteiger partial charge in [0.25, 0.3) is 0 Å². The molecule has 0 atom stereocenters. The number of carboxylic acid groups (broad SMARTS) is 1. The lowest BCUT2D eigenvalue weighted by molar-refractivity contribution is 0.0700. The van der Waals surface area contributed by atoms with Crippen molar-refractivity contribution in [1.82, 2.24) is 10.2 Å². The summed E-state index contributed by atoms with van der Waals surface area (Å²) < 4.78 is 0. The Bertz CT molecular complexity index is 516. The summed E-state index contributed by atoms with van der Waals surface area (Å²) in [7, 11) is 0. The van der Waals surface area contributed by atoms with Crippen LogP contribution in [0.1, 0.15) is 16.1 Å². The Morgan fingerprint density at radius 1 is 1.57 bits per heavy atom. The van der Waals surface area contributed by atoms with E-state index in [4.69, 9.17) is 10.8 Å². The third kappa shape index (κ3) is 1.02. The van der Waals surface area contributed by atoms with Crippen molar-refractivity contribution in [1.29, 1.82) is 0 Å². The van der Waals surface area contributed by atoms with Crippen LogP contribution in [0.3, 0.4) is 0 Å². The number of aromatic nitrogens is 2. The molecule has 2 rings (SSSR count). The second-order valence-electron chi connectivity index (χ2n) is 3.08. The van der Waals surface area contributed by atoms with E-state index in [1.54, 1.807) is 12.1 Å². The largest absolute Gasteiger partial charge is 0.478 e. The molecule has 0 aliphatic rings. The maximum Gasteiger partial charge on any atom is 0.340 e. The van der Waals surface area contributed by atoms with E-state index < -0.39 is 5.97 Å². The second kappa shape index (κ2) is 2.73. The number of aryl methyl sites for hydroxylation is 1. The maximum absolute atomic E-state index is 10.9. The molecule has 0 spiro atoms. The number of aromatic carboxylic acids is 1. The van der Waals surface area contributed by atoms with Gasteiger partial charge in [0.2, 0.25) is 0 Å². The number of anilines is 1. The fraction of sp³-hybridized carbons (Fsp3) is 0.111. The number of nitrogens with zero attached hydrogens (tertiary/aromatic N) is 1. The van der Waals surface area contributed by atoms with Crippen LogP contribution >= 0.6 is 0 Å². The highest BCUT2D eigenvalue weighted by molar-refractivity contribution is 6.07. The van der Waals surface area contributed by atoms with Crippen LogP contribution in [0.25, 0.3) is 10.9 Å². The number of aromatic amines is 1. The zero-order valence-electron chi connectivity index (χ0n) is 7.53. The predicted octanol–water partition coefficient (Wildman–Crippen LogP) is 1.15. The smallest absolute Gasteiger partial charge is 0.340 e. The van der Waals surface area contributed by atoms with Crippen LogP contribution in [-0.4, -0.2) is 21.3 Å². The SMILES string of the molecule is Cc1[nH]nc2c(C(=O)O)c(N)ccc12. The van der Waals surface area contributed by atoms with Crippen molar-refractivity contribution in [2.45, 2.75) is 6.92 Å². The van der Waals surface area contributed by atoms with Gasteiger partial charge in [-0.1, -0.05) is 0 Å². The molecule has 0 radical (unpaired) electrons. The Balaban J connectivity index is 2.90. The van der Waals surface area contributed by atoms with Gasteiger partial charge in [0.1, 0.15) is 11.1 Å². The summed E-state index contributed by atoms with van der Waals surface area (Å²) >= 11 is 0. The van der Waals surface area contributed by atoms with Crippen molar-refractivity contribution in [3.63, 3.8) is 0 Å². The van der Waals surface area contributed by atoms with E-state index in [1.807, 2.05) is 6.92 Å². The van der Waals surface area contributed by atoms with Gasteiger partial charge in [-0.25, -0.2) is 4.79 Å². The summed E-state index contributed by atoms with van der Waals surface area (Å²) in [6, 6.07) is 3.34. The van der Waals surface area contributed by atoms with Gasteiger partial charge in [-0.05, 0) is 19.1 Å². The Morgan fingerprint density at radius 3 is 2.93 bits per heavy atom. The summed E-state index contributed by atoms with van der Waals surface area (Å²) in [6.07, 6.45) is 0. The third-order valence-corrected chi connectivity index (χ3v) is 2.16. The molecule has 2 aromatic rings. The van der Waals surface area contributed by atoms with Gasteiger partial charge in [-0.3, -0.25) is 5.10 Å². The number of nitrogens with one attached hydrogen (secondary N) is 1. The molecule has 0 bridgehead atoms. The van der Waals surface area contributed by atoms with E-state index in [1.165, 1.54) is 0 Å². The first kappa shape index (κ1) is 8.55. The third-order valence-electron chi connectivity index (χ3n) is 2.16. The average molecular weight is 191 g/mol. The molecular formula is C9H9N3O2. The first-order valence-electron chi connectivity index (χ1n) is 4.07. The average Bonchev–Trinajstić information content (AvgIpc) is 2.47. The lowest BCUT2D eigenvalue weighted by Crippen LogP contribution is -2.03. The van der Waals surface area contributed by atoms with Gasteiger partial charge >= 0.3 is 5.97 Å². The Labute approximate surface area is 79.5 Å². The molecule has 5 nitrogen and oxygen atoms in total. The second-order valence-corrected chi connectivity index (χ2v) is 3.08. The first-order chi connectivity index (χ1) is 6.61. The molecule has 0 amide bonds. The van der Waals surface area contributed by atoms with Crippen LogP contribution in [0, 0.1) is 6.92 Å². The summed E-state index contributed by atoms with van der Waals surface area (Å²) in [6.45, 7) is 1.83. The molecule has 0 fully saturated rings. The number of fused-ring (bicyclic) bond motifs is 1. The quantitative estimate of drug-likeness (QED) is 0.589. The fourth-order valence-corrected chi connectivity index (χ4v) is 1.45. The van der Waals surface area contributed by atoms with E-state index in [2.05, 4.69) is 10.2 Å². The van der Waals surface area contributed by atoms with Crippen molar-refractivity contribution < 1.29 is 9.90 Å². The van der Waals surface area contributed by atoms with Crippen LogP contribution in [-0.2, 0) is 0 Å². The van der Waals surface area contributed by atoms with Crippen LogP contribution in [0.15, 0.2) is 12.1 Å². The van der Waals surface area contributed by atoms with Gasteiger partial charge in [0.05, 0.1) is 0 Å². The van der Waals surface area contributed by atoms with Gasteiger partial charge in [0, 0.05) is 16.8 Å². The minimum absolute atomic E-state index is 0.0619. The highest BCUT2D eigenvalue weighted by Crippen LogP contribution is 2.24. The van der Waals surface area contributed by atoms with Crippen molar-refractivity contribution in [3.05, 3.63) is 23.4 Å². The standard InChI is InChI=1S/C9H9N3O2/c1-4-5-2-3-6(10)7(9(13)14)8(5)12-11-4/h2-3H,10H2,1H3,(H,11,12)(H,13,14). The highest BCUT2D eigenvalue weighted by atomic mass is 16.4. The summed E-state index contributed by atoms with van der Waals surface area (Å²) in [5.74, 6) is -1.06. The van der Waals surface area contributed by atoms with Crippen LogP contribution in [0.2, 0.25) is 0 Å². The van der Waals surface area contributed by atoms with E-state index >= 15 is 0 Å². The summed E-state index contributed by atoms with van der Waals surface area (Å²) in [5.41, 5.74) is 7.10. The molecule has 1 heterocycles. The van der Waals surface area contributed by atoms with Crippen LogP contribution in [0.4, 0.5) is 5.69 Å². The molecule has 0 saturated carbocycles. The molecule has 0 unspecified atom stereocenters. The predicted molar refractivity (Wildman–Crippen MR) is 52.2 cm³/mol. The van der Waals surface area contributed by atoms with Gasteiger partial charge in [0.15, 0.2) is 0 Å². The first-order valence-corrected chi connectivity index (χ1v) is 4.07. The lowest BCUT2D eigenvalue weighted by atomic mass is 10.1. The minimum Gasteiger partial charge on any atom is -0.478 e. The molecule has 1 aromatic carbocycles. The number of rotatable bonds is 1. The zero-order valence-corrected chi connectivity index (χ0v) is 7.53. The van der Waals surface area contributed by atoms with Crippen LogP contribution in [0.5, 0.6) is 0 Å². The minimum atomic E-state index is -1.06. The normalized spacial score (nSPS) is 10.6. The number of hydrogen-bond donors (Lipinski definition) is 3. The monoisotopic (exact) mass is 191 g/mol. The van der Waals surface area contributed by atoms with Gasteiger partial charge in [-0.15, -0.1) is 0 Å². The van der Waals surface area contributed by atoms with Gasteiger partial charge in [-0.2, -0.15) is 5.10 Å². The molecule has 4 N–H and O–H groups in total. The number of H-pyrrole nitrogens is 1. The molecule has 1 aromatic heterocycles. The molecule has 0 aliphatic heterocycles. The zero-order chi connectivity index (χ0) is 10.3. The van der Waals surface area contributed by atoms with Gasteiger partial charge < -0.3 is 10.8 Å². The van der Waals surface area contributed by atoms with Crippen molar-refractivity contribution in [2.24, 2.45) is 0 Å². The summed E-state index contributed by atoms with van der Waals surface area (Å²) in [5, 5.41) is 16.4. The Kier molecular flexibility index (Phi) is 1.67. The Hall–Kier alpha value is -2.04. The highest BCUT2D eigenvalue weighted by Gasteiger charge is 2.15. The van der Waals surface area contributed by atoms with Crippen molar-refractivity contribution in [2.75, 3.05) is 5.73 Å². The molecular weight excluding hydrogens is 182 g/mol. The number of nitrogen functional groups attached to an aromatic ring is 1. The molecule has 0 aliphatic carbocycles. The number of carbonyl (C=O) groups is 1. The molecule has 14 heavy (non-hydrogen) atoms. The maximum atomic E-state index is 10.9. The number of benzene rings is 1. The molecule has 5 heteroatoms. The van der Waals surface area contributed by atoms with Crippen molar-refractivity contribution in [3.8, 4) is 0 Å². The number of carboxylic acids is 1. The van der Waals surface area contributed by atoms with E-state index in [0.29, 0.717) is 5.52 Å². The van der Waals surface area contributed by atoms with Crippen molar-refractivity contribution >= 4 is 22.6 Å². The van der Waals surface area contributed by atoms with Crippen LogP contribution < -0.4 is 5.73 Å². The van der Waals surface area contributed by atoms with E-state index in [9.17, 15) is 4.79 Å². The molecule has 0 saturated heterocycles. The van der Waals surface area contributed by atoms with E-state index in [-0.39, 0.29) is 11.3 Å². The topological polar surface area (TPSA) is 92.0 Å². The number of nitrogens with two attached hydrogens (primary N) is 1. The fourth-order valence-electron chi connectivity index (χ4n) is 1.45.